The van der Waals surface area contributed by atoms with Crippen LogP contribution in [0.1, 0.15) is 46.4 Å². The van der Waals surface area contributed by atoms with E-state index in [1.54, 1.807) is 65.4 Å². The molecule has 0 aromatic heterocycles. The maximum atomic E-state index is 13.9. The summed E-state index contributed by atoms with van der Waals surface area (Å²) in [5.41, 5.74) is -0.0396. The lowest BCUT2D eigenvalue weighted by Gasteiger charge is -2.44. The number of ether oxygens (including phenoxy) is 3. The molecule has 3 amide bonds. The molecule has 0 saturated carbocycles. The highest BCUT2D eigenvalue weighted by Crippen LogP contribution is 2.39. The Morgan fingerprint density at radius 2 is 1.84 bits per heavy atom. The number of carbonyl (C=O) groups is 3. The van der Waals surface area contributed by atoms with Crippen molar-refractivity contribution in [2.24, 2.45) is 0 Å². The van der Waals surface area contributed by atoms with Crippen LogP contribution in [0.15, 0.2) is 48.5 Å². The van der Waals surface area contributed by atoms with Crippen LogP contribution in [0.5, 0.6) is 5.75 Å². The van der Waals surface area contributed by atoms with E-state index in [2.05, 4.69) is 5.32 Å². The summed E-state index contributed by atoms with van der Waals surface area (Å²) in [6, 6.07) is 12.9. The number of methoxy groups -OCH3 is 1. The lowest BCUT2D eigenvalue weighted by atomic mass is 9.96. The summed E-state index contributed by atoms with van der Waals surface area (Å²) in [6.07, 6.45) is 2.63. The van der Waals surface area contributed by atoms with Gasteiger partial charge in [0, 0.05) is 55.2 Å². The van der Waals surface area contributed by atoms with Gasteiger partial charge in [0.2, 0.25) is 5.91 Å². The maximum absolute atomic E-state index is 13.9. The Hall–Kier alpha value is -3.14. The average Bonchev–Trinajstić information content (AvgIpc) is 3.60. The van der Waals surface area contributed by atoms with Crippen LogP contribution in [0.3, 0.4) is 0 Å². The van der Waals surface area contributed by atoms with E-state index in [1.165, 1.54) is 0 Å². The van der Waals surface area contributed by atoms with E-state index in [4.69, 9.17) is 25.8 Å². The Balaban J connectivity index is 1.35. The van der Waals surface area contributed by atoms with Gasteiger partial charge in [0.1, 0.15) is 17.5 Å². The highest BCUT2D eigenvalue weighted by atomic mass is 35.5. The van der Waals surface area contributed by atoms with Crippen LogP contribution in [0.25, 0.3) is 0 Å². The van der Waals surface area contributed by atoms with Crippen LogP contribution in [0, 0.1) is 0 Å². The number of hydrogen-bond donors (Lipinski definition) is 1. The summed E-state index contributed by atoms with van der Waals surface area (Å²) >= 11 is 5.97. The van der Waals surface area contributed by atoms with Crippen LogP contribution in [-0.2, 0) is 14.3 Å². The van der Waals surface area contributed by atoms with Gasteiger partial charge in [-0.25, -0.2) is 0 Å². The molecular formula is C28H32ClN3O6. The molecule has 0 unspecified atom stereocenters. The third kappa shape index (κ3) is 5.36. The number of halogens is 1. The largest absolute Gasteiger partial charge is 0.497 e. The number of likely N-dealkylation sites (tertiary alicyclic amines) is 1. The van der Waals surface area contributed by atoms with E-state index in [9.17, 15) is 14.4 Å². The van der Waals surface area contributed by atoms with E-state index in [1.807, 2.05) is 0 Å². The maximum Gasteiger partial charge on any atom is 0.257 e. The third-order valence-electron chi connectivity index (χ3n) is 7.55. The summed E-state index contributed by atoms with van der Waals surface area (Å²) in [5.74, 6) is -0.136. The minimum atomic E-state index is -0.997. The molecule has 2 aromatic rings. The smallest absolute Gasteiger partial charge is 0.257 e. The Kier molecular flexibility index (Phi) is 7.88. The zero-order chi connectivity index (χ0) is 26.7. The number of nitrogens with zero attached hydrogens (tertiary/aromatic N) is 2. The van der Waals surface area contributed by atoms with Gasteiger partial charge in [0.05, 0.1) is 19.8 Å². The summed E-state index contributed by atoms with van der Waals surface area (Å²) in [7, 11) is 1.54. The molecule has 1 N–H and O–H groups in total. The number of nitrogens with one attached hydrogen (secondary N) is 1. The fourth-order valence-electron chi connectivity index (χ4n) is 5.43. The summed E-state index contributed by atoms with van der Waals surface area (Å²) in [4.78, 5) is 43.7. The molecule has 0 radical (unpaired) electrons. The fraction of sp³-hybridized carbons (Fsp3) is 0.464. The van der Waals surface area contributed by atoms with Gasteiger partial charge in [-0.05, 0) is 55.3 Å². The van der Waals surface area contributed by atoms with E-state index >= 15 is 0 Å². The third-order valence-corrected chi connectivity index (χ3v) is 7.80. The van der Waals surface area contributed by atoms with Crippen molar-refractivity contribution in [1.29, 1.82) is 0 Å². The first-order valence-electron chi connectivity index (χ1n) is 13.0. The summed E-state index contributed by atoms with van der Waals surface area (Å²) in [5, 5.41) is 3.53. The minimum absolute atomic E-state index is 0.0140. The molecule has 2 aromatic carbocycles. The molecule has 3 aliphatic rings. The van der Waals surface area contributed by atoms with Crippen LogP contribution >= 0.6 is 11.6 Å². The predicted molar refractivity (Wildman–Crippen MR) is 140 cm³/mol. The molecule has 38 heavy (non-hydrogen) atoms. The Labute approximate surface area is 227 Å². The van der Waals surface area contributed by atoms with Crippen molar-refractivity contribution in [1.82, 2.24) is 15.1 Å². The highest BCUT2D eigenvalue weighted by Gasteiger charge is 2.54. The first-order valence-corrected chi connectivity index (χ1v) is 13.3. The molecule has 5 rings (SSSR count). The van der Waals surface area contributed by atoms with E-state index in [-0.39, 0.29) is 30.4 Å². The first-order chi connectivity index (χ1) is 18.4. The molecule has 0 bridgehead atoms. The number of piperidine rings is 1. The number of rotatable bonds is 6. The van der Waals surface area contributed by atoms with Crippen LogP contribution < -0.4 is 10.1 Å². The molecule has 9 nitrogen and oxygen atoms in total. The zero-order valence-corrected chi connectivity index (χ0v) is 22.1. The average molecular weight is 542 g/mol. The van der Waals surface area contributed by atoms with E-state index in [0.717, 1.165) is 12.8 Å². The molecular weight excluding hydrogens is 510 g/mol. The number of benzene rings is 2. The van der Waals surface area contributed by atoms with E-state index in [0.29, 0.717) is 61.0 Å². The Morgan fingerprint density at radius 1 is 1.08 bits per heavy atom. The Bertz CT molecular complexity index is 1180. The van der Waals surface area contributed by atoms with Gasteiger partial charge in [-0.15, -0.1) is 0 Å². The number of carbonyl (C=O) groups excluding carboxylic acids is 3. The lowest BCUT2D eigenvalue weighted by molar-refractivity contribution is -0.128. The fourth-order valence-corrected chi connectivity index (χ4v) is 5.56. The zero-order valence-electron chi connectivity index (χ0n) is 21.4. The second kappa shape index (κ2) is 11.3. The van der Waals surface area contributed by atoms with Crippen molar-refractivity contribution >= 4 is 29.3 Å². The Morgan fingerprint density at radius 3 is 2.53 bits per heavy atom. The number of hydrogen-bond acceptors (Lipinski definition) is 6. The van der Waals surface area contributed by atoms with Gasteiger partial charge in [-0.2, -0.15) is 0 Å². The SMILES string of the molecule is COc1cccc(C(=O)N2[C@@H](C(=O)NC[C@H]3CCCO3)COC23CCN(C(=O)c2ccc(Cl)cc2)CC3)c1. The normalized spacial score (nSPS) is 22.5. The summed E-state index contributed by atoms with van der Waals surface area (Å²) in [6.45, 7) is 1.94. The van der Waals surface area contributed by atoms with Crippen molar-refractivity contribution in [2.75, 3.05) is 40.0 Å². The van der Waals surface area contributed by atoms with Gasteiger partial charge in [-0.3, -0.25) is 19.3 Å². The number of amides is 3. The topological polar surface area (TPSA) is 97.4 Å². The predicted octanol–water partition coefficient (Wildman–Crippen LogP) is 3.12. The lowest BCUT2D eigenvalue weighted by Crippen LogP contribution is -2.60. The van der Waals surface area contributed by atoms with Crippen molar-refractivity contribution in [2.45, 2.75) is 43.6 Å². The molecule has 1 spiro atoms. The van der Waals surface area contributed by atoms with Gasteiger partial charge in [0.15, 0.2) is 0 Å². The summed E-state index contributed by atoms with van der Waals surface area (Å²) < 4.78 is 17.2. The van der Waals surface area contributed by atoms with Crippen molar-refractivity contribution in [3.63, 3.8) is 0 Å². The molecule has 3 fully saturated rings. The molecule has 202 valence electrons. The van der Waals surface area contributed by atoms with Crippen molar-refractivity contribution in [3.05, 3.63) is 64.7 Å². The minimum Gasteiger partial charge on any atom is -0.497 e. The standard InChI is InChI=1S/C28H32ClN3O6/c1-36-22-5-2-4-20(16-22)27(35)32-24(25(33)30-17-23-6-3-15-37-23)18-38-28(32)11-13-31(14-12-28)26(34)19-7-9-21(29)10-8-19/h2,4-5,7-10,16,23-24H,3,6,11-15,17-18H2,1H3,(H,30,33)/t23-,24-/m1/s1. The molecule has 3 saturated heterocycles. The van der Waals surface area contributed by atoms with Gasteiger partial charge in [-0.1, -0.05) is 17.7 Å². The molecule has 2 atom stereocenters. The second-order valence-electron chi connectivity index (χ2n) is 9.86. The van der Waals surface area contributed by atoms with Gasteiger partial charge >= 0.3 is 0 Å². The van der Waals surface area contributed by atoms with Crippen molar-refractivity contribution in [3.8, 4) is 5.75 Å². The van der Waals surface area contributed by atoms with Gasteiger partial charge < -0.3 is 24.4 Å². The van der Waals surface area contributed by atoms with Crippen molar-refractivity contribution < 1.29 is 28.6 Å². The van der Waals surface area contributed by atoms with Crippen LogP contribution in [-0.4, -0.2) is 85.3 Å². The van der Waals surface area contributed by atoms with Crippen LogP contribution in [0.4, 0.5) is 0 Å². The second-order valence-corrected chi connectivity index (χ2v) is 10.3. The van der Waals surface area contributed by atoms with Crippen LogP contribution in [0.2, 0.25) is 5.02 Å². The molecule has 3 aliphatic heterocycles. The highest BCUT2D eigenvalue weighted by molar-refractivity contribution is 6.30. The first kappa shape index (κ1) is 26.5. The van der Waals surface area contributed by atoms with E-state index < -0.39 is 11.8 Å². The molecule has 3 heterocycles. The van der Waals surface area contributed by atoms with Gasteiger partial charge in [0.25, 0.3) is 11.8 Å². The molecule has 10 heteroatoms. The monoisotopic (exact) mass is 541 g/mol. The molecule has 0 aliphatic carbocycles. The quantitative estimate of drug-likeness (QED) is 0.603.